The van der Waals surface area contributed by atoms with Crippen molar-refractivity contribution in [3.05, 3.63) is 0 Å². The quantitative estimate of drug-likeness (QED) is 0.267. The number of amidine groups is 1. The third-order valence-electron chi connectivity index (χ3n) is 6.53. The molecule has 0 aromatic rings. The number of quaternary nitrogens is 1. The number of nitrogens with zero attached hydrogens (tertiary/aromatic N) is 2. The molecule has 3 nitrogen and oxygen atoms in total. The Morgan fingerprint density at radius 3 is 1.57 bits per heavy atom. The normalized spacial score (nSPS) is 20.1. The molecule has 28 heavy (non-hydrogen) atoms. The van der Waals surface area contributed by atoms with Gasteiger partial charge in [-0.2, -0.15) is 0 Å². The standard InChI is InChI=1S/C24H49N2O.ClH/c1-4-5-6-7-8-9-10-11-12-13-14-15-16-17-18-19-20-24-25-21-22-26(24,3)23(2)27;/h23,27H,4-22H2,1-3H3;1H/q+1;/p-1. The van der Waals surface area contributed by atoms with Gasteiger partial charge in [0, 0.05) is 13.3 Å². The first-order valence-electron chi connectivity index (χ1n) is 12.2. The maximum absolute atomic E-state index is 10.0. The average Bonchev–Trinajstić information content (AvgIpc) is 3.03. The zero-order valence-corrected chi connectivity index (χ0v) is 20.0. The van der Waals surface area contributed by atoms with E-state index in [1.165, 1.54) is 109 Å². The van der Waals surface area contributed by atoms with Crippen molar-refractivity contribution >= 4 is 5.84 Å². The lowest BCUT2D eigenvalue weighted by molar-refractivity contribution is -0.865. The molecule has 1 N–H and O–H groups in total. The Balaban J connectivity index is 0.00000729. The zero-order valence-electron chi connectivity index (χ0n) is 19.2. The number of rotatable bonds is 18. The summed E-state index contributed by atoms with van der Waals surface area (Å²) in [6, 6.07) is 0. The van der Waals surface area contributed by atoms with Crippen LogP contribution < -0.4 is 12.4 Å². The number of hydrogen-bond acceptors (Lipinski definition) is 2. The van der Waals surface area contributed by atoms with Crippen LogP contribution in [0, 0.1) is 0 Å². The second-order valence-corrected chi connectivity index (χ2v) is 8.97. The van der Waals surface area contributed by atoms with Crippen LogP contribution in [-0.4, -0.2) is 41.8 Å². The molecule has 1 aliphatic rings. The summed E-state index contributed by atoms with van der Waals surface area (Å²) < 4.78 is 0.652. The summed E-state index contributed by atoms with van der Waals surface area (Å²) in [5.74, 6) is 1.22. The van der Waals surface area contributed by atoms with Gasteiger partial charge in [0.05, 0.1) is 13.6 Å². The fraction of sp³-hybridized carbons (Fsp3) is 0.958. The van der Waals surface area contributed by atoms with Gasteiger partial charge in [0.2, 0.25) is 0 Å². The molecule has 0 saturated carbocycles. The van der Waals surface area contributed by atoms with E-state index in [9.17, 15) is 5.11 Å². The Morgan fingerprint density at radius 2 is 1.18 bits per heavy atom. The molecule has 2 unspecified atom stereocenters. The van der Waals surface area contributed by atoms with Gasteiger partial charge in [-0.1, -0.05) is 103 Å². The van der Waals surface area contributed by atoms with Gasteiger partial charge in [0.1, 0.15) is 6.54 Å². The predicted octanol–water partition coefficient (Wildman–Crippen LogP) is 3.84. The van der Waals surface area contributed by atoms with Gasteiger partial charge in [-0.05, 0) is 6.42 Å². The van der Waals surface area contributed by atoms with Gasteiger partial charge >= 0.3 is 0 Å². The van der Waals surface area contributed by atoms with Gasteiger partial charge < -0.3 is 17.5 Å². The zero-order chi connectivity index (χ0) is 19.8. The van der Waals surface area contributed by atoms with Gasteiger partial charge in [-0.25, -0.2) is 4.99 Å². The summed E-state index contributed by atoms with van der Waals surface area (Å²) in [6.45, 7) is 6.04. The van der Waals surface area contributed by atoms with Crippen LogP contribution in [0.2, 0.25) is 0 Å². The highest BCUT2D eigenvalue weighted by molar-refractivity contribution is 5.76. The number of halogens is 1. The monoisotopic (exact) mass is 416 g/mol. The minimum absolute atomic E-state index is 0. The summed E-state index contributed by atoms with van der Waals surface area (Å²) in [4.78, 5) is 4.65. The Kier molecular flexibility index (Phi) is 17.6. The van der Waals surface area contributed by atoms with Crippen molar-refractivity contribution in [2.24, 2.45) is 4.99 Å². The second kappa shape index (κ2) is 17.7. The Morgan fingerprint density at radius 1 is 0.786 bits per heavy atom. The van der Waals surface area contributed by atoms with Crippen LogP contribution in [0.1, 0.15) is 123 Å². The molecule has 0 saturated heterocycles. The topological polar surface area (TPSA) is 32.6 Å². The van der Waals surface area contributed by atoms with Crippen LogP contribution in [0.15, 0.2) is 4.99 Å². The van der Waals surface area contributed by atoms with E-state index in [0.717, 1.165) is 19.5 Å². The smallest absolute Gasteiger partial charge is 0.200 e. The van der Waals surface area contributed by atoms with Crippen LogP contribution in [0.5, 0.6) is 0 Å². The highest BCUT2D eigenvalue weighted by Crippen LogP contribution is 2.20. The lowest BCUT2D eigenvalue weighted by Gasteiger charge is -2.32. The lowest BCUT2D eigenvalue weighted by atomic mass is 10.0. The van der Waals surface area contributed by atoms with Crippen molar-refractivity contribution in [3.63, 3.8) is 0 Å². The molecule has 168 valence electrons. The summed E-state index contributed by atoms with van der Waals surface area (Å²) in [7, 11) is 2.13. The molecule has 0 aliphatic carbocycles. The van der Waals surface area contributed by atoms with E-state index >= 15 is 0 Å². The summed E-state index contributed by atoms with van der Waals surface area (Å²) >= 11 is 0. The first kappa shape index (κ1) is 27.9. The number of hydrogen-bond donors (Lipinski definition) is 1. The van der Waals surface area contributed by atoms with Crippen LogP contribution >= 0.6 is 0 Å². The molecule has 1 heterocycles. The minimum atomic E-state index is -0.327. The Bertz CT molecular complexity index is 387. The molecule has 0 aromatic carbocycles. The minimum Gasteiger partial charge on any atom is -1.00 e. The highest BCUT2D eigenvalue weighted by Gasteiger charge is 2.37. The van der Waals surface area contributed by atoms with Crippen LogP contribution in [-0.2, 0) is 0 Å². The van der Waals surface area contributed by atoms with Gasteiger partial charge in [-0.3, -0.25) is 4.48 Å². The molecule has 0 aromatic heterocycles. The van der Waals surface area contributed by atoms with Gasteiger partial charge in [-0.15, -0.1) is 0 Å². The van der Waals surface area contributed by atoms with Crippen molar-refractivity contribution in [1.82, 2.24) is 0 Å². The Labute approximate surface area is 182 Å². The first-order valence-corrected chi connectivity index (χ1v) is 12.2. The van der Waals surface area contributed by atoms with E-state index in [2.05, 4.69) is 19.0 Å². The lowest BCUT2D eigenvalue weighted by Crippen LogP contribution is -3.00. The molecule has 0 spiro atoms. The highest BCUT2D eigenvalue weighted by atomic mass is 35.5. The number of aliphatic hydroxyl groups is 1. The van der Waals surface area contributed by atoms with Crippen molar-refractivity contribution in [1.29, 1.82) is 0 Å². The van der Waals surface area contributed by atoms with E-state index in [0.29, 0.717) is 4.48 Å². The molecule has 1 rings (SSSR count). The SMILES string of the molecule is CCCCCCCCCCCCCCCCCCC1=NCC[N+]1(C)C(C)O.[Cl-]. The van der Waals surface area contributed by atoms with Crippen molar-refractivity contribution in [3.8, 4) is 0 Å². The molecule has 2 atom stereocenters. The fourth-order valence-corrected chi connectivity index (χ4v) is 4.25. The summed E-state index contributed by atoms with van der Waals surface area (Å²) in [5.41, 5.74) is 0. The molecule has 0 amide bonds. The van der Waals surface area contributed by atoms with Gasteiger partial charge in [0.15, 0.2) is 12.1 Å². The molecule has 0 fully saturated rings. The molecule has 0 radical (unpaired) electrons. The molecular formula is C24H49ClN2O. The predicted molar refractivity (Wildman–Crippen MR) is 119 cm³/mol. The maximum Gasteiger partial charge on any atom is 0.200 e. The summed E-state index contributed by atoms with van der Waals surface area (Å²) in [6.07, 6.45) is 23.3. The van der Waals surface area contributed by atoms with E-state index < -0.39 is 0 Å². The van der Waals surface area contributed by atoms with E-state index in [4.69, 9.17) is 0 Å². The number of likely N-dealkylation sites (N-methyl/N-ethyl adjacent to an activating group) is 1. The van der Waals surface area contributed by atoms with E-state index in [1.54, 1.807) is 0 Å². The Hall–Kier alpha value is -0.120. The average molecular weight is 417 g/mol. The van der Waals surface area contributed by atoms with E-state index in [-0.39, 0.29) is 18.6 Å². The van der Waals surface area contributed by atoms with Crippen molar-refractivity contribution in [2.45, 2.75) is 129 Å². The van der Waals surface area contributed by atoms with Crippen LogP contribution in [0.25, 0.3) is 0 Å². The van der Waals surface area contributed by atoms with E-state index in [1.807, 2.05) is 6.92 Å². The fourth-order valence-electron chi connectivity index (χ4n) is 4.25. The molecule has 0 bridgehead atoms. The molecule has 4 heteroatoms. The third-order valence-corrected chi connectivity index (χ3v) is 6.53. The van der Waals surface area contributed by atoms with Crippen LogP contribution in [0.4, 0.5) is 0 Å². The molecule has 1 aliphatic heterocycles. The van der Waals surface area contributed by atoms with Crippen molar-refractivity contribution in [2.75, 3.05) is 20.1 Å². The summed E-state index contributed by atoms with van der Waals surface area (Å²) in [5, 5.41) is 10.0. The maximum atomic E-state index is 10.0. The van der Waals surface area contributed by atoms with Crippen molar-refractivity contribution < 1.29 is 22.0 Å². The third kappa shape index (κ3) is 11.8. The first-order chi connectivity index (χ1) is 13.1. The van der Waals surface area contributed by atoms with Gasteiger partial charge in [0.25, 0.3) is 0 Å². The van der Waals surface area contributed by atoms with Crippen LogP contribution in [0.3, 0.4) is 0 Å². The largest absolute Gasteiger partial charge is 1.00 e. The molecular weight excluding hydrogens is 368 g/mol. The second-order valence-electron chi connectivity index (χ2n) is 8.97. The number of aliphatic hydroxyl groups excluding tert-OH is 1. The number of aliphatic imine (C=N–C) groups is 1. The number of unbranched alkanes of at least 4 members (excludes halogenated alkanes) is 15.